The molecule has 4 rings (SSSR count). The van der Waals surface area contributed by atoms with Gasteiger partial charge in [0.15, 0.2) is 5.78 Å². The van der Waals surface area contributed by atoms with Crippen molar-refractivity contribution < 1.29 is 19.2 Å². The molecule has 43 heavy (non-hydrogen) atoms. The number of nitrogen functional groups attached to an aromatic ring is 1. The molecule has 4 aromatic carbocycles. The number of hydrogen-bond acceptors (Lipinski definition) is 5. The number of ketones is 1. The topological polar surface area (TPSA) is 130 Å². The van der Waals surface area contributed by atoms with Gasteiger partial charge in [-0.3, -0.25) is 19.2 Å². The molecule has 216 valence electrons. The van der Waals surface area contributed by atoms with Gasteiger partial charge in [0.25, 0.3) is 5.91 Å². The second-order valence-corrected chi connectivity index (χ2v) is 9.88. The summed E-state index contributed by atoms with van der Waals surface area (Å²) in [5.41, 5.74) is 9.56. The number of nitrogens with one attached hydrogen (secondary N) is 3. The number of amides is 3. The third-order valence-corrected chi connectivity index (χ3v) is 6.69. The molecular formula is C35H32N4O4. The summed E-state index contributed by atoms with van der Waals surface area (Å²) in [5, 5.41) is 8.39. The molecule has 0 aliphatic heterocycles. The lowest BCUT2D eigenvalue weighted by Gasteiger charge is -2.19. The molecule has 0 aromatic heterocycles. The van der Waals surface area contributed by atoms with E-state index >= 15 is 0 Å². The van der Waals surface area contributed by atoms with E-state index in [9.17, 15) is 19.2 Å². The zero-order valence-corrected chi connectivity index (χ0v) is 23.5. The number of unbranched alkanes of at least 4 members (excludes halogenated alkanes) is 1. The van der Waals surface area contributed by atoms with Gasteiger partial charge in [0.2, 0.25) is 11.8 Å². The molecule has 0 saturated heterocycles. The third-order valence-electron chi connectivity index (χ3n) is 6.69. The first-order chi connectivity index (χ1) is 20.8. The van der Waals surface area contributed by atoms with Crippen LogP contribution >= 0.6 is 0 Å². The van der Waals surface area contributed by atoms with E-state index in [0.717, 1.165) is 5.56 Å². The molecule has 0 aliphatic rings. The van der Waals surface area contributed by atoms with Crippen molar-refractivity contribution in [3.63, 3.8) is 0 Å². The van der Waals surface area contributed by atoms with Gasteiger partial charge in [0, 0.05) is 41.6 Å². The lowest BCUT2D eigenvalue weighted by Crippen LogP contribution is -2.45. The molecule has 0 bridgehead atoms. The van der Waals surface area contributed by atoms with Crippen molar-refractivity contribution >= 4 is 40.6 Å². The van der Waals surface area contributed by atoms with Crippen LogP contribution in [0.2, 0.25) is 0 Å². The predicted octanol–water partition coefficient (Wildman–Crippen LogP) is 5.22. The van der Waals surface area contributed by atoms with Crippen LogP contribution in [0.15, 0.2) is 103 Å². The first-order valence-corrected chi connectivity index (χ1v) is 13.8. The van der Waals surface area contributed by atoms with E-state index in [2.05, 4.69) is 21.9 Å². The van der Waals surface area contributed by atoms with Crippen LogP contribution in [0, 0.1) is 12.3 Å². The largest absolute Gasteiger partial charge is 0.397 e. The minimum Gasteiger partial charge on any atom is -0.397 e. The smallest absolute Gasteiger partial charge is 0.255 e. The Hall–Kier alpha value is -5.68. The number of nitrogens with two attached hydrogens (primary N) is 1. The number of para-hydroxylation sites is 2. The normalized spacial score (nSPS) is 11.0. The highest BCUT2D eigenvalue weighted by Gasteiger charge is 2.22. The predicted molar refractivity (Wildman–Crippen MR) is 169 cm³/mol. The molecule has 0 unspecified atom stereocenters. The van der Waals surface area contributed by atoms with Crippen molar-refractivity contribution in [2.45, 2.75) is 31.7 Å². The Balaban J connectivity index is 1.44. The SMILES string of the molecule is C#CCCCC(=O)N[C@H](Cc1ccc(C(=O)c2ccccc2)cc1)C(=O)Nc1ccc(C(=O)Nc2ccccc2N)cc1. The molecular weight excluding hydrogens is 540 g/mol. The first-order valence-electron chi connectivity index (χ1n) is 13.8. The minimum atomic E-state index is -0.891. The van der Waals surface area contributed by atoms with E-state index in [0.29, 0.717) is 46.6 Å². The third kappa shape index (κ3) is 8.65. The maximum Gasteiger partial charge on any atom is 0.255 e. The van der Waals surface area contributed by atoms with Crippen LogP contribution in [0.3, 0.4) is 0 Å². The van der Waals surface area contributed by atoms with E-state index in [-0.39, 0.29) is 30.4 Å². The fourth-order valence-electron chi connectivity index (χ4n) is 4.35. The van der Waals surface area contributed by atoms with Crippen molar-refractivity contribution in [3.05, 3.63) is 125 Å². The molecule has 0 fully saturated rings. The summed E-state index contributed by atoms with van der Waals surface area (Å²) in [6, 6.07) is 28.4. The molecule has 0 saturated carbocycles. The molecule has 8 heteroatoms. The van der Waals surface area contributed by atoms with Crippen LogP contribution in [0.5, 0.6) is 0 Å². The van der Waals surface area contributed by atoms with Gasteiger partial charge < -0.3 is 21.7 Å². The molecule has 0 spiro atoms. The van der Waals surface area contributed by atoms with Gasteiger partial charge in [-0.05, 0) is 48.4 Å². The Bertz CT molecular complexity index is 1630. The summed E-state index contributed by atoms with van der Waals surface area (Å²) < 4.78 is 0. The summed E-state index contributed by atoms with van der Waals surface area (Å²) >= 11 is 0. The highest BCUT2D eigenvalue weighted by molar-refractivity contribution is 6.09. The van der Waals surface area contributed by atoms with Crippen molar-refractivity contribution in [1.82, 2.24) is 5.32 Å². The molecule has 1 atom stereocenters. The fraction of sp³-hybridized carbons (Fsp3) is 0.143. The number of benzene rings is 4. The molecule has 3 amide bonds. The maximum atomic E-state index is 13.3. The first kappa shape index (κ1) is 30.3. The Morgan fingerprint density at radius 1 is 0.744 bits per heavy atom. The van der Waals surface area contributed by atoms with Gasteiger partial charge in [-0.15, -0.1) is 12.3 Å². The molecule has 0 aliphatic carbocycles. The molecule has 0 radical (unpaired) electrons. The average Bonchev–Trinajstić information content (AvgIpc) is 3.02. The Kier molecular flexibility index (Phi) is 10.4. The summed E-state index contributed by atoms with van der Waals surface area (Å²) in [6.45, 7) is 0. The van der Waals surface area contributed by atoms with Gasteiger partial charge in [0.1, 0.15) is 6.04 Å². The summed E-state index contributed by atoms with van der Waals surface area (Å²) in [5.74, 6) is 1.34. The lowest BCUT2D eigenvalue weighted by molar-refractivity contribution is -0.126. The van der Waals surface area contributed by atoms with Crippen molar-refractivity contribution in [3.8, 4) is 12.3 Å². The van der Waals surface area contributed by atoms with Gasteiger partial charge in [-0.25, -0.2) is 0 Å². The Morgan fingerprint density at radius 2 is 1.37 bits per heavy atom. The minimum absolute atomic E-state index is 0.104. The van der Waals surface area contributed by atoms with Crippen molar-refractivity contribution in [2.24, 2.45) is 0 Å². The van der Waals surface area contributed by atoms with Crippen LogP contribution in [0.4, 0.5) is 17.1 Å². The highest BCUT2D eigenvalue weighted by atomic mass is 16.2. The average molecular weight is 573 g/mol. The molecule has 8 nitrogen and oxygen atoms in total. The fourth-order valence-corrected chi connectivity index (χ4v) is 4.35. The van der Waals surface area contributed by atoms with E-state index in [1.807, 2.05) is 6.07 Å². The zero-order valence-electron chi connectivity index (χ0n) is 23.5. The number of carbonyl (C=O) groups is 4. The van der Waals surface area contributed by atoms with Crippen LogP contribution in [0.1, 0.15) is 51.1 Å². The molecule has 0 heterocycles. The van der Waals surface area contributed by atoms with Gasteiger partial charge in [0.05, 0.1) is 11.4 Å². The van der Waals surface area contributed by atoms with E-state index < -0.39 is 11.9 Å². The van der Waals surface area contributed by atoms with Gasteiger partial charge in [-0.1, -0.05) is 66.7 Å². The maximum absolute atomic E-state index is 13.3. The standard InChI is InChI=1S/C35H32N4O4/c1-2-3-5-14-32(40)38-31(23-24-15-17-26(18-16-24)33(41)25-10-6-4-7-11-25)35(43)37-28-21-19-27(20-22-28)34(42)39-30-13-9-8-12-29(30)36/h1,4,6-13,15-22,31H,3,5,14,23,36H2,(H,37,43)(H,38,40)(H,39,42)/t31-/m1/s1. The Labute approximate surface area is 250 Å². The zero-order chi connectivity index (χ0) is 30.6. The van der Waals surface area contributed by atoms with Crippen LogP contribution in [-0.4, -0.2) is 29.5 Å². The van der Waals surface area contributed by atoms with Crippen molar-refractivity contribution in [2.75, 3.05) is 16.4 Å². The number of hydrogen-bond donors (Lipinski definition) is 4. The van der Waals surface area contributed by atoms with E-state index in [1.165, 1.54) is 0 Å². The lowest BCUT2D eigenvalue weighted by atomic mass is 9.99. The second-order valence-electron chi connectivity index (χ2n) is 9.88. The Morgan fingerprint density at radius 3 is 2.05 bits per heavy atom. The number of rotatable bonds is 12. The molecule has 5 N–H and O–H groups in total. The summed E-state index contributed by atoms with van der Waals surface area (Å²) in [7, 11) is 0. The van der Waals surface area contributed by atoms with Crippen LogP contribution in [-0.2, 0) is 16.0 Å². The summed E-state index contributed by atoms with van der Waals surface area (Å²) in [6.07, 6.45) is 6.65. The van der Waals surface area contributed by atoms with Gasteiger partial charge in [-0.2, -0.15) is 0 Å². The monoisotopic (exact) mass is 572 g/mol. The number of terminal acetylenes is 1. The van der Waals surface area contributed by atoms with E-state index in [4.69, 9.17) is 12.2 Å². The quantitative estimate of drug-likeness (QED) is 0.0800. The van der Waals surface area contributed by atoms with Gasteiger partial charge >= 0.3 is 0 Å². The van der Waals surface area contributed by atoms with Crippen LogP contribution in [0.25, 0.3) is 0 Å². The molecule has 4 aromatic rings. The van der Waals surface area contributed by atoms with E-state index in [1.54, 1.807) is 97.1 Å². The second kappa shape index (κ2) is 14.8. The highest BCUT2D eigenvalue weighted by Crippen LogP contribution is 2.19. The van der Waals surface area contributed by atoms with Crippen LogP contribution < -0.4 is 21.7 Å². The number of anilines is 3. The number of carbonyl (C=O) groups excluding carboxylic acids is 4. The summed E-state index contributed by atoms with van der Waals surface area (Å²) in [4.78, 5) is 51.4. The van der Waals surface area contributed by atoms with Crippen molar-refractivity contribution in [1.29, 1.82) is 0 Å².